The Morgan fingerprint density at radius 2 is 1.74 bits per heavy atom. The van der Waals surface area contributed by atoms with Gasteiger partial charge in [0.25, 0.3) is 15.6 Å². The summed E-state index contributed by atoms with van der Waals surface area (Å²) in [5.41, 5.74) is 2.19. The molecule has 2 atom stereocenters. The molecular weight excluding hydrogens is 462 g/mol. The van der Waals surface area contributed by atoms with Crippen LogP contribution in [0.5, 0.6) is 5.75 Å². The van der Waals surface area contributed by atoms with Crippen molar-refractivity contribution in [3.8, 4) is 5.75 Å². The van der Waals surface area contributed by atoms with E-state index in [0.717, 1.165) is 44.6 Å². The first-order valence-electron chi connectivity index (χ1n) is 12.1. The van der Waals surface area contributed by atoms with E-state index in [1.165, 1.54) is 24.8 Å². The molecule has 3 aromatic rings. The van der Waals surface area contributed by atoms with Gasteiger partial charge in [-0.2, -0.15) is 0 Å². The van der Waals surface area contributed by atoms with E-state index in [-0.39, 0.29) is 16.1 Å². The van der Waals surface area contributed by atoms with Crippen LogP contribution in [0.2, 0.25) is 0 Å². The topological polar surface area (TPSA) is 80.6 Å². The van der Waals surface area contributed by atoms with Crippen molar-refractivity contribution in [2.75, 3.05) is 31.5 Å². The van der Waals surface area contributed by atoms with Crippen LogP contribution in [0, 0.1) is 5.92 Å². The fourth-order valence-electron chi connectivity index (χ4n) is 5.42. The van der Waals surface area contributed by atoms with Crippen molar-refractivity contribution in [2.45, 2.75) is 36.6 Å². The highest BCUT2D eigenvalue weighted by atomic mass is 32.2. The summed E-state index contributed by atoms with van der Waals surface area (Å²) < 4.78 is 35.1. The number of methoxy groups -OCH3 is 1. The van der Waals surface area contributed by atoms with Gasteiger partial charge in [0.2, 0.25) is 0 Å². The number of pyridine rings is 1. The van der Waals surface area contributed by atoms with Crippen LogP contribution in [0.4, 0.5) is 5.69 Å². The second-order valence-electron chi connectivity index (χ2n) is 9.52. The molecule has 0 unspecified atom stereocenters. The molecule has 3 heterocycles. The number of nitrogens with one attached hydrogen (secondary N) is 1. The number of sulfonamides is 1. The van der Waals surface area contributed by atoms with Crippen LogP contribution >= 0.6 is 0 Å². The second kappa shape index (κ2) is 9.87. The average Bonchev–Trinajstić information content (AvgIpc) is 2.86. The Bertz CT molecular complexity index is 1340. The normalized spacial score (nSPS) is 19.7. The number of rotatable bonds is 8. The molecule has 35 heavy (non-hydrogen) atoms. The van der Waals surface area contributed by atoms with Gasteiger partial charge in [-0.25, -0.2) is 8.42 Å². The van der Waals surface area contributed by atoms with Gasteiger partial charge in [-0.15, -0.1) is 0 Å². The van der Waals surface area contributed by atoms with E-state index in [2.05, 4.69) is 33.9 Å². The lowest BCUT2D eigenvalue weighted by molar-refractivity contribution is 0.119. The lowest BCUT2D eigenvalue weighted by atomic mass is 9.83. The Labute approximate surface area is 206 Å². The van der Waals surface area contributed by atoms with E-state index in [1.807, 2.05) is 12.1 Å². The van der Waals surface area contributed by atoms with E-state index in [4.69, 9.17) is 4.74 Å². The van der Waals surface area contributed by atoms with E-state index in [1.54, 1.807) is 22.8 Å². The Morgan fingerprint density at radius 3 is 2.49 bits per heavy atom. The van der Waals surface area contributed by atoms with Crippen molar-refractivity contribution in [3.63, 3.8) is 0 Å². The molecule has 0 spiro atoms. The summed E-state index contributed by atoms with van der Waals surface area (Å²) in [6.07, 6.45) is 3.26. The van der Waals surface area contributed by atoms with Crippen LogP contribution in [0.15, 0.2) is 76.4 Å². The lowest BCUT2D eigenvalue weighted by Gasteiger charge is -2.43. The Morgan fingerprint density at radius 1 is 0.971 bits per heavy atom. The first-order chi connectivity index (χ1) is 16.9. The largest absolute Gasteiger partial charge is 0.497 e. The number of ether oxygens (including phenoxy) is 1. The van der Waals surface area contributed by atoms with E-state index in [9.17, 15) is 13.2 Å². The molecule has 184 valence electrons. The number of fused-ring (bicyclic) bond motifs is 4. The highest BCUT2D eigenvalue weighted by molar-refractivity contribution is 7.92. The van der Waals surface area contributed by atoms with Gasteiger partial charge in [0, 0.05) is 31.2 Å². The van der Waals surface area contributed by atoms with Crippen molar-refractivity contribution in [3.05, 3.63) is 88.3 Å². The van der Waals surface area contributed by atoms with E-state index < -0.39 is 10.0 Å². The lowest BCUT2D eigenvalue weighted by Crippen LogP contribution is -2.47. The number of hydrogen-bond donors (Lipinski definition) is 1. The fourth-order valence-corrected chi connectivity index (χ4v) is 6.47. The number of hydrogen-bond acceptors (Lipinski definition) is 5. The van der Waals surface area contributed by atoms with Gasteiger partial charge in [0.1, 0.15) is 11.4 Å². The first-order valence-corrected chi connectivity index (χ1v) is 13.6. The molecule has 2 aliphatic rings. The summed E-state index contributed by atoms with van der Waals surface area (Å²) in [6.45, 7) is 3.57. The van der Waals surface area contributed by atoms with Crippen LogP contribution in [-0.2, 0) is 23.0 Å². The summed E-state index contributed by atoms with van der Waals surface area (Å²) in [5.74, 6) is 1.25. The van der Waals surface area contributed by atoms with Gasteiger partial charge in [-0.05, 0) is 73.7 Å². The number of anilines is 1. The predicted molar refractivity (Wildman–Crippen MR) is 137 cm³/mol. The summed E-state index contributed by atoms with van der Waals surface area (Å²) in [6, 6.07) is 20.2. The molecule has 2 aromatic carbocycles. The maximum absolute atomic E-state index is 13.3. The van der Waals surface area contributed by atoms with Crippen LogP contribution in [0.3, 0.4) is 0 Å². The molecule has 0 radical (unpaired) electrons. The minimum atomic E-state index is -3.88. The number of benzene rings is 2. The SMILES string of the molecule is COc1ccc(S(=O)(=O)Nc2ccc3n(c2=O)C[C@H]2C[C@@H]3CN(CCCc3ccccc3)C2)cc1. The van der Waals surface area contributed by atoms with E-state index in [0.29, 0.717) is 24.1 Å². The molecule has 1 fully saturated rings. The molecule has 0 saturated carbocycles. The van der Waals surface area contributed by atoms with Crippen molar-refractivity contribution >= 4 is 15.7 Å². The Kier molecular flexibility index (Phi) is 6.67. The minimum absolute atomic E-state index is 0.0865. The quantitative estimate of drug-likeness (QED) is 0.518. The number of piperidine rings is 1. The van der Waals surface area contributed by atoms with Crippen LogP contribution < -0.4 is 15.0 Å². The van der Waals surface area contributed by atoms with Gasteiger partial charge >= 0.3 is 0 Å². The summed E-state index contributed by atoms with van der Waals surface area (Å²) in [4.78, 5) is 15.9. The standard InChI is InChI=1S/C27H31N3O4S/c1-34-23-9-11-24(12-10-23)35(32,33)28-25-13-14-26-22-16-21(18-30(26)27(25)31)17-29(19-22)15-5-8-20-6-3-2-4-7-20/h2-4,6-7,9-14,21-22,28H,5,8,15-19H2,1H3/t21-,22+/m0/s1. The minimum Gasteiger partial charge on any atom is -0.497 e. The van der Waals surface area contributed by atoms with Crippen molar-refractivity contribution < 1.29 is 13.2 Å². The van der Waals surface area contributed by atoms with Crippen LogP contribution in [0.1, 0.15) is 30.0 Å². The average molecular weight is 494 g/mol. The zero-order valence-corrected chi connectivity index (χ0v) is 20.7. The molecule has 2 bridgehead atoms. The van der Waals surface area contributed by atoms with Gasteiger partial charge in [-0.3, -0.25) is 9.52 Å². The number of likely N-dealkylation sites (tertiary alicyclic amines) is 1. The zero-order chi connectivity index (χ0) is 24.4. The van der Waals surface area contributed by atoms with Gasteiger partial charge in [0.05, 0.1) is 12.0 Å². The summed E-state index contributed by atoms with van der Waals surface area (Å²) in [7, 11) is -2.35. The van der Waals surface area contributed by atoms with Gasteiger partial charge < -0.3 is 14.2 Å². The molecule has 0 amide bonds. The summed E-state index contributed by atoms with van der Waals surface area (Å²) in [5, 5.41) is 0. The number of aryl methyl sites for hydroxylation is 1. The van der Waals surface area contributed by atoms with Crippen molar-refractivity contribution in [2.24, 2.45) is 5.92 Å². The molecule has 5 rings (SSSR count). The van der Waals surface area contributed by atoms with Crippen LogP contribution in [0.25, 0.3) is 0 Å². The van der Waals surface area contributed by atoms with Crippen LogP contribution in [-0.4, -0.2) is 44.6 Å². The molecule has 0 aliphatic carbocycles. The highest BCUT2D eigenvalue weighted by Gasteiger charge is 2.35. The van der Waals surface area contributed by atoms with Crippen molar-refractivity contribution in [1.82, 2.24) is 9.47 Å². The Hall–Kier alpha value is -3.10. The molecule has 1 aromatic heterocycles. The first kappa shape index (κ1) is 23.6. The molecule has 8 heteroatoms. The molecule has 7 nitrogen and oxygen atoms in total. The van der Waals surface area contributed by atoms with Gasteiger partial charge in [-0.1, -0.05) is 30.3 Å². The third-order valence-electron chi connectivity index (χ3n) is 7.08. The highest BCUT2D eigenvalue weighted by Crippen LogP contribution is 2.35. The monoisotopic (exact) mass is 493 g/mol. The Balaban J connectivity index is 1.28. The second-order valence-corrected chi connectivity index (χ2v) is 11.2. The smallest absolute Gasteiger partial charge is 0.275 e. The molecule has 1 saturated heterocycles. The van der Waals surface area contributed by atoms with Gasteiger partial charge in [0.15, 0.2) is 0 Å². The third-order valence-corrected chi connectivity index (χ3v) is 8.46. The summed E-state index contributed by atoms with van der Waals surface area (Å²) >= 11 is 0. The van der Waals surface area contributed by atoms with Crippen molar-refractivity contribution in [1.29, 1.82) is 0 Å². The maximum atomic E-state index is 13.3. The maximum Gasteiger partial charge on any atom is 0.275 e. The molecular formula is C27H31N3O4S. The fraction of sp³-hybridized carbons (Fsp3) is 0.370. The third kappa shape index (κ3) is 5.13. The molecule has 1 N–H and O–H groups in total. The number of aromatic nitrogens is 1. The predicted octanol–water partition coefficient (Wildman–Crippen LogP) is 3.71. The zero-order valence-electron chi connectivity index (χ0n) is 19.9. The number of nitrogens with zero attached hydrogens (tertiary/aromatic N) is 2. The molecule has 2 aliphatic heterocycles. The van der Waals surface area contributed by atoms with E-state index >= 15 is 0 Å².